The number of hydrogen-bond donors (Lipinski definition) is 2. The Morgan fingerprint density at radius 3 is 2.39 bits per heavy atom. The lowest BCUT2D eigenvalue weighted by Crippen LogP contribution is -2.16. The number of anilines is 2. The number of halogens is 4. The Labute approximate surface area is 157 Å². The van der Waals surface area contributed by atoms with E-state index in [1.807, 2.05) is 0 Å². The zero-order valence-corrected chi connectivity index (χ0v) is 14.3. The summed E-state index contributed by atoms with van der Waals surface area (Å²) in [5.74, 6) is -5.33. The second-order valence-electron chi connectivity index (χ2n) is 5.73. The van der Waals surface area contributed by atoms with Gasteiger partial charge in [0.15, 0.2) is 17.5 Å². The number of hydrogen-bond acceptors (Lipinski definition) is 4. The molecule has 0 fully saturated rings. The van der Waals surface area contributed by atoms with Crippen LogP contribution in [0.25, 0.3) is 0 Å². The smallest absolute Gasteiger partial charge is 0.275 e. The lowest BCUT2D eigenvalue weighted by Gasteiger charge is -2.08. The van der Waals surface area contributed by atoms with E-state index in [-0.39, 0.29) is 11.5 Å². The highest BCUT2D eigenvalue weighted by Gasteiger charge is 2.16. The van der Waals surface area contributed by atoms with Gasteiger partial charge in [-0.25, -0.2) is 27.5 Å². The normalized spacial score (nSPS) is 10.6. The number of carbonyl (C=O) groups excluding carboxylic acids is 1. The number of benzene rings is 2. The summed E-state index contributed by atoms with van der Waals surface area (Å²) in [6, 6.07) is 7.99. The summed E-state index contributed by atoms with van der Waals surface area (Å²) < 4.78 is 53.3. The first-order valence-electron chi connectivity index (χ1n) is 8.20. The van der Waals surface area contributed by atoms with E-state index < -0.39 is 29.0 Å². The van der Waals surface area contributed by atoms with Crippen molar-refractivity contribution in [1.29, 1.82) is 0 Å². The van der Waals surface area contributed by atoms with Crippen LogP contribution in [0, 0.1) is 23.3 Å². The summed E-state index contributed by atoms with van der Waals surface area (Å²) in [6.07, 6.45) is 2.84. The summed E-state index contributed by atoms with van der Waals surface area (Å²) in [4.78, 5) is 19.9. The van der Waals surface area contributed by atoms with E-state index in [1.165, 1.54) is 12.3 Å². The lowest BCUT2D eigenvalue weighted by atomic mass is 10.1. The van der Waals surface area contributed by atoms with Gasteiger partial charge in [-0.1, -0.05) is 18.2 Å². The SMILES string of the molecule is O=C(Nc1ccc(F)c(F)c1F)c1cnc(NCCc2ccccc2F)cn1. The molecule has 3 aromatic rings. The third-order valence-electron chi connectivity index (χ3n) is 3.83. The zero-order valence-electron chi connectivity index (χ0n) is 14.3. The predicted octanol–water partition coefficient (Wildman–Crippen LogP) is 3.94. The molecule has 0 aliphatic carbocycles. The van der Waals surface area contributed by atoms with Crippen LogP contribution in [0.2, 0.25) is 0 Å². The first-order chi connectivity index (χ1) is 13.5. The van der Waals surface area contributed by atoms with Crippen LogP contribution in [-0.2, 0) is 6.42 Å². The molecule has 0 unspecified atom stereocenters. The van der Waals surface area contributed by atoms with Crippen molar-refractivity contribution in [2.75, 3.05) is 17.2 Å². The van der Waals surface area contributed by atoms with E-state index in [4.69, 9.17) is 0 Å². The molecule has 1 aromatic heterocycles. The Morgan fingerprint density at radius 2 is 1.68 bits per heavy atom. The monoisotopic (exact) mass is 390 g/mol. The van der Waals surface area contributed by atoms with Crippen LogP contribution in [0.4, 0.5) is 29.1 Å². The molecule has 2 aromatic carbocycles. The maximum Gasteiger partial charge on any atom is 0.275 e. The average Bonchev–Trinajstić information content (AvgIpc) is 2.70. The molecule has 0 aliphatic rings. The van der Waals surface area contributed by atoms with Gasteiger partial charge in [0, 0.05) is 6.54 Å². The molecule has 144 valence electrons. The lowest BCUT2D eigenvalue weighted by molar-refractivity contribution is 0.102. The Bertz CT molecular complexity index is 996. The van der Waals surface area contributed by atoms with Gasteiger partial charge in [0.2, 0.25) is 0 Å². The minimum Gasteiger partial charge on any atom is -0.368 e. The first kappa shape index (κ1) is 19.3. The molecule has 9 heteroatoms. The van der Waals surface area contributed by atoms with Crippen molar-refractivity contribution in [3.8, 4) is 0 Å². The van der Waals surface area contributed by atoms with Crippen molar-refractivity contribution in [3.05, 3.63) is 83.3 Å². The Hall–Kier alpha value is -3.49. The van der Waals surface area contributed by atoms with Gasteiger partial charge in [0.1, 0.15) is 17.3 Å². The molecule has 0 atom stereocenters. The van der Waals surface area contributed by atoms with Gasteiger partial charge in [-0.2, -0.15) is 0 Å². The van der Waals surface area contributed by atoms with Gasteiger partial charge in [0.05, 0.1) is 18.1 Å². The van der Waals surface area contributed by atoms with Crippen LogP contribution in [0.15, 0.2) is 48.8 Å². The second-order valence-corrected chi connectivity index (χ2v) is 5.73. The van der Waals surface area contributed by atoms with Gasteiger partial charge in [-0.15, -0.1) is 0 Å². The van der Waals surface area contributed by atoms with E-state index in [0.717, 1.165) is 12.3 Å². The number of amides is 1. The topological polar surface area (TPSA) is 66.9 Å². The largest absolute Gasteiger partial charge is 0.368 e. The summed E-state index contributed by atoms with van der Waals surface area (Å²) in [7, 11) is 0. The maximum atomic E-state index is 13.6. The predicted molar refractivity (Wildman–Crippen MR) is 94.9 cm³/mol. The van der Waals surface area contributed by atoms with E-state index in [1.54, 1.807) is 18.2 Å². The molecule has 5 nitrogen and oxygen atoms in total. The zero-order chi connectivity index (χ0) is 20.1. The molecule has 0 saturated heterocycles. The van der Waals surface area contributed by atoms with Gasteiger partial charge < -0.3 is 10.6 Å². The standard InChI is InChI=1S/C19H14F4N4O/c20-12-4-2-1-3-11(12)7-8-24-16-10-25-15(9-26-16)19(28)27-14-6-5-13(21)17(22)18(14)23/h1-6,9-10H,7-8H2,(H,24,26)(H,27,28). The number of carbonyl (C=O) groups is 1. The van der Waals surface area contributed by atoms with E-state index in [0.29, 0.717) is 30.4 Å². The third kappa shape index (κ3) is 4.43. The maximum absolute atomic E-state index is 13.6. The van der Waals surface area contributed by atoms with Gasteiger partial charge in [0.25, 0.3) is 5.91 Å². The highest BCUT2D eigenvalue weighted by Crippen LogP contribution is 2.20. The fourth-order valence-corrected chi connectivity index (χ4v) is 2.37. The average molecular weight is 390 g/mol. The fourth-order valence-electron chi connectivity index (χ4n) is 2.37. The molecule has 28 heavy (non-hydrogen) atoms. The molecule has 0 spiro atoms. The molecular formula is C19H14F4N4O. The second kappa shape index (κ2) is 8.47. The minimum atomic E-state index is -1.68. The van der Waals surface area contributed by atoms with Crippen molar-refractivity contribution < 1.29 is 22.4 Å². The Balaban J connectivity index is 1.58. The molecule has 1 heterocycles. The van der Waals surface area contributed by atoms with Crippen LogP contribution in [0.3, 0.4) is 0 Å². The van der Waals surface area contributed by atoms with Crippen molar-refractivity contribution >= 4 is 17.4 Å². The van der Waals surface area contributed by atoms with Crippen LogP contribution in [0.1, 0.15) is 16.1 Å². The molecule has 0 bridgehead atoms. The van der Waals surface area contributed by atoms with Crippen LogP contribution in [-0.4, -0.2) is 22.4 Å². The van der Waals surface area contributed by atoms with E-state index in [9.17, 15) is 22.4 Å². The van der Waals surface area contributed by atoms with Crippen molar-refractivity contribution in [2.24, 2.45) is 0 Å². The Morgan fingerprint density at radius 1 is 0.893 bits per heavy atom. The molecule has 0 aliphatic heterocycles. The first-order valence-corrected chi connectivity index (χ1v) is 8.20. The fraction of sp³-hybridized carbons (Fsp3) is 0.105. The number of aromatic nitrogens is 2. The molecule has 0 saturated carbocycles. The van der Waals surface area contributed by atoms with Crippen LogP contribution in [0.5, 0.6) is 0 Å². The molecule has 1 amide bonds. The highest BCUT2D eigenvalue weighted by molar-refractivity contribution is 6.02. The molecule has 0 radical (unpaired) electrons. The highest BCUT2D eigenvalue weighted by atomic mass is 19.2. The van der Waals surface area contributed by atoms with Crippen LogP contribution < -0.4 is 10.6 Å². The van der Waals surface area contributed by atoms with Crippen LogP contribution >= 0.6 is 0 Å². The Kier molecular flexibility index (Phi) is 5.83. The van der Waals surface area contributed by atoms with Gasteiger partial charge in [-0.3, -0.25) is 4.79 Å². The van der Waals surface area contributed by atoms with E-state index >= 15 is 0 Å². The van der Waals surface area contributed by atoms with Crippen molar-refractivity contribution in [1.82, 2.24) is 9.97 Å². The summed E-state index contributed by atoms with van der Waals surface area (Å²) >= 11 is 0. The third-order valence-corrected chi connectivity index (χ3v) is 3.83. The van der Waals surface area contributed by atoms with Crippen molar-refractivity contribution in [2.45, 2.75) is 6.42 Å². The summed E-state index contributed by atoms with van der Waals surface area (Å²) in [5.41, 5.74) is -0.117. The molecule has 3 rings (SSSR count). The number of nitrogens with zero attached hydrogens (tertiary/aromatic N) is 2. The minimum absolute atomic E-state index is 0.149. The summed E-state index contributed by atoms with van der Waals surface area (Å²) in [5, 5.41) is 5.04. The van der Waals surface area contributed by atoms with Gasteiger partial charge >= 0.3 is 0 Å². The number of nitrogens with one attached hydrogen (secondary N) is 2. The molecular weight excluding hydrogens is 376 g/mol. The van der Waals surface area contributed by atoms with Gasteiger partial charge in [-0.05, 0) is 30.2 Å². The summed E-state index contributed by atoms with van der Waals surface area (Å²) in [6.45, 7) is 0.390. The van der Waals surface area contributed by atoms with E-state index in [2.05, 4.69) is 20.6 Å². The quantitative estimate of drug-likeness (QED) is 0.494. The van der Waals surface area contributed by atoms with Crippen molar-refractivity contribution in [3.63, 3.8) is 0 Å². The molecule has 2 N–H and O–H groups in total. The number of rotatable bonds is 6.